The second kappa shape index (κ2) is 7.72. The number of aromatic carboxylic acids is 1. The lowest BCUT2D eigenvalue weighted by Crippen LogP contribution is -2.24. The highest BCUT2D eigenvalue weighted by Crippen LogP contribution is 2.28. The Morgan fingerprint density at radius 2 is 1.20 bits per heavy atom. The number of anilines is 3. The van der Waals surface area contributed by atoms with Gasteiger partial charge in [0.2, 0.25) is 0 Å². The topological polar surface area (TPSA) is 52.6 Å². The Kier molecular flexibility index (Phi) is 5.40. The van der Waals surface area contributed by atoms with Crippen LogP contribution in [0.1, 0.15) is 10.4 Å². The number of hydrazine groups is 1. The van der Waals surface area contributed by atoms with Gasteiger partial charge >= 0.3 is 5.97 Å². The van der Waals surface area contributed by atoms with Crippen molar-refractivity contribution in [1.29, 1.82) is 0 Å². The Balaban J connectivity index is 1.97. The summed E-state index contributed by atoms with van der Waals surface area (Å²) in [7, 11) is 0. The number of nitrogens with zero attached hydrogens (tertiary/aromatic N) is 1. The minimum atomic E-state index is -0.942. The second-order valence-corrected chi connectivity index (χ2v) is 7.11. The van der Waals surface area contributed by atoms with E-state index in [4.69, 9.17) is 5.11 Å². The molecular weight excluding hydrogens is 448 g/mol. The van der Waals surface area contributed by atoms with Crippen LogP contribution in [0.5, 0.6) is 0 Å². The molecule has 0 saturated heterocycles. The highest BCUT2D eigenvalue weighted by Gasteiger charge is 2.11. The lowest BCUT2D eigenvalue weighted by molar-refractivity contribution is 0.0697. The van der Waals surface area contributed by atoms with Crippen LogP contribution < -0.4 is 10.4 Å². The molecule has 3 aromatic carbocycles. The summed E-state index contributed by atoms with van der Waals surface area (Å²) in [5.41, 5.74) is 6.27. The van der Waals surface area contributed by atoms with E-state index in [2.05, 4.69) is 37.3 Å². The molecule has 4 nitrogen and oxygen atoms in total. The van der Waals surface area contributed by atoms with Gasteiger partial charge < -0.3 is 5.11 Å². The third kappa shape index (κ3) is 4.41. The zero-order valence-electron chi connectivity index (χ0n) is 13.0. The first kappa shape index (κ1) is 17.5. The molecule has 0 amide bonds. The number of hydrogen-bond acceptors (Lipinski definition) is 3. The number of carboxylic acids is 1. The molecule has 0 aliphatic heterocycles. The van der Waals surface area contributed by atoms with Gasteiger partial charge in [-0.1, -0.05) is 31.9 Å². The highest BCUT2D eigenvalue weighted by molar-refractivity contribution is 9.10. The van der Waals surface area contributed by atoms with Crippen molar-refractivity contribution >= 4 is 54.9 Å². The molecule has 0 aliphatic rings. The van der Waals surface area contributed by atoms with Crippen molar-refractivity contribution in [2.24, 2.45) is 0 Å². The monoisotopic (exact) mass is 460 g/mol. The van der Waals surface area contributed by atoms with Crippen molar-refractivity contribution in [3.63, 3.8) is 0 Å². The van der Waals surface area contributed by atoms with Crippen LogP contribution >= 0.6 is 31.9 Å². The fourth-order valence-corrected chi connectivity index (χ4v) is 2.80. The summed E-state index contributed by atoms with van der Waals surface area (Å²) in [6, 6.07) is 22.4. The molecule has 126 valence electrons. The van der Waals surface area contributed by atoms with Crippen LogP contribution in [0.25, 0.3) is 0 Å². The zero-order chi connectivity index (χ0) is 17.8. The van der Waals surface area contributed by atoms with Gasteiger partial charge in [0.1, 0.15) is 0 Å². The van der Waals surface area contributed by atoms with Crippen molar-refractivity contribution in [2.75, 3.05) is 10.4 Å². The molecule has 6 heteroatoms. The first-order chi connectivity index (χ1) is 12.0. The molecule has 0 atom stereocenters. The Morgan fingerprint density at radius 3 is 1.68 bits per heavy atom. The van der Waals surface area contributed by atoms with Gasteiger partial charge in [-0.2, -0.15) is 0 Å². The number of carbonyl (C=O) groups is 1. The maximum atomic E-state index is 11.1. The molecule has 0 aromatic heterocycles. The molecule has 0 saturated carbocycles. The SMILES string of the molecule is O=C(O)c1ccc(N(Nc2ccc(Br)cc2)c2ccc(Br)cc2)cc1. The third-order valence-electron chi connectivity index (χ3n) is 3.54. The van der Waals surface area contributed by atoms with Crippen molar-refractivity contribution in [3.8, 4) is 0 Å². The summed E-state index contributed by atoms with van der Waals surface area (Å²) in [4.78, 5) is 11.1. The van der Waals surface area contributed by atoms with Gasteiger partial charge in [-0.3, -0.25) is 10.4 Å². The molecule has 0 aliphatic carbocycles. The van der Waals surface area contributed by atoms with Crippen LogP contribution in [0.4, 0.5) is 17.1 Å². The van der Waals surface area contributed by atoms with Gasteiger partial charge in [0.25, 0.3) is 0 Å². The van der Waals surface area contributed by atoms with E-state index in [-0.39, 0.29) is 5.56 Å². The fourth-order valence-electron chi connectivity index (χ4n) is 2.27. The summed E-state index contributed by atoms with van der Waals surface area (Å²) in [6.07, 6.45) is 0. The minimum Gasteiger partial charge on any atom is -0.478 e. The number of rotatable bonds is 5. The van der Waals surface area contributed by atoms with Crippen LogP contribution in [0.3, 0.4) is 0 Å². The van der Waals surface area contributed by atoms with Gasteiger partial charge in [-0.05, 0) is 72.8 Å². The van der Waals surface area contributed by atoms with Crippen molar-refractivity contribution in [1.82, 2.24) is 0 Å². The van der Waals surface area contributed by atoms with E-state index in [9.17, 15) is 4.79 Å². The van der Waals surface area contributed by atoms with Crippen LogP contribution in [-0.2, 0) is 0 Å². The van der Waals surface area contributed by atoms with E-state index in [1.165, 1.54) is 0 Å². The molecule has 25 heavy (non-hydrogen) atoms. The quantitative estimate of drug-likeness (QED) is 0.452. The van der Waals surface area contributed by atoms with E-state index >= 15 is 0 Å². The normalized spacial score (nSPS) is 10.3. The first-order valence-corrected chi connectivity index (χ1v) is 9.03. The smallest absolute Gasteiger partial charge is 0.335 e. The van der Waals surface area contributed by atoms with Gasteiger partial charge in [-0.15, -0.1) is 0 Å². The third-order valence-corrected chi connectivity index (χ3v) is 4.60. The average molecular weight is 462 g/mol. The number of nitrogens with one attached hydrogen (secondary N) is 1. The Hall–Kier alpha value is -2.31. The number of benzene rings is 3. The highest BCUT2D eigenvalue weighted by atomic mass is 79.9. The van der Waals surface area contributed by atoms with Gasteiger partial charge in [0.05, 0.1) is 22.6 Å². The molecule has 2 N–H and O–H groups in total. The number of halogens is 2. The van der Waals surface area contributed by atoms with Crippen molar-refractivity contribution in [3.05, 3.63) is 87.3 Å². The first-order valence-electron chi connectivity index (χ1n) is 7.44. The summed E-state index contributed by atoms with van der Waals surface area (Å²) in [5, 5.41) is 11.0. The number of hydrogen-bond donors (Lipinski definition) is 2. The molecule has 0 fully saturated rings. The van der Waals surface area contributed by atoms with Crippen LogP contribution in [0, 0.1) is 0 Å². The second-order valence-electron chi connectivity index (χ2n) is 5.28. The molecule has 0 spiro atoms. The molecule has 3 aromatic rings. The maximum absolute atomic E-state index is 11.1. The van der Waals surface area contributed by atoms with Gasteiger partial charge in [-0.25, -0.2) is 4.79 Å². The fraction of sp³-hybridized carbons (Fsp3) is 0. The summed E-state index contributed by atoms with van der Waals surface area (Å²) in [6.45, 7) is 0. The molecule has 0 heterocycles. The lowest BCUT2D eigenvalue weighted by atomic mass is 10.2. The predicted molar refractivity (Wildman–Crippen MR) is 107 cm³/mol. The Morgan fingerprint density at radius 1 is 0.760 bits per heavy atom. The molecule has 0 unspecified atom stereocenters. The van der Waals surface area contributed by atoms with E-state index in [1.807, 2.05) is 53.5 Å². The maximum Gasteiger partial charge on any atom is 0.335 e. The zero-order valence-corrected chi connectivity index (χ0v) is 16.2. The lowest BCUT2D eigenvalue weighted by Gasteiger charge is -2.27. The van der Waals surface area contributed by atoms with Crippen molar-refractivity contribution < 1.29 is 9.90 Å². The largest absolute Gasteiger partial charge is 0.478 e. The van der Waals surface area contributed by atoms with E-state index in [1.54, 1.807) is 24.3 Å². The standard InChI is InChI=1S/C19H14Br2N2O2/c20-14-3-7-16(8-4-14)22-23(18-11-5-15(21)6-12-18)17-9-1-13(2-10-17)19(24)25/h1-12,22H,(H,24,25). The van der Waals surface area contributed by atoms with Crippen molar-refractivity contribution in [2.45, 2.75) is 0 Å². The average Bonchev–Trinajstić information content (AvgIpc) is 2.62. The number of carboxylic acid groups (broad SMARTS) is 1. The summed E-state index contributed by atoms with van der Waals surface area (Å²) in [5.74, 6) is -0.942. The van der Waals surface area contributed by atoms with Gasteiger partial charge in [0, 0.05) is 8.95 Å². The summed E-state index contributed by atoms with van der Waals surface area (Å²) >= 11 is 6.87. The van der Waals surface area contributed by atoms with E-state index < -0.39 is 5.97 Å². The van der Waals surface area contributed by atoms with Gasteiger partial charge in [0.15, 0.2) is 0 Å². The molecular formula is C19H14Br2N2O2. The predicted octanol–water partition coefficient (Wildman–Crippen LogP) is 6.08. The van der Waals surface area contributed by atoms with Crippen LogP contribution in [0.15, 0.2) is 81.7 Å². The Labute approximate surface area is 162 Å². The van der Waals surface area contributed by atoms with E-state index in [0.29, 0.717) is 0 Å². The molecule has 0 bridgehead atoms. The minimum absolute atomic E-state index is 0.253. The van der Waals surface area contributed by atoms with Crippen LogP contribution in [-0.4, -0.2) is 11.1 Å². The molecule has 0 radical (unpaired) electrons. The Bertz CT molecular complexity index is 863. The van der Waals surface area contributed by atoms with Crippen LogP contribution in [0.2, 0.25) is 0 Å². The summed E-state index contributed by atoms with van der Waals surface area (Å²) < 4.78 is 1.99. The van der Waals surface area contributed by atoms with E-state index in [0.717, 1.165) is 26.0 Å². The molecule has 3 rings (SSSR count).